The highest BCUT2D eigenvalue weighted by molar-refractivity contribution is 6.30. The van der Waals surface area contributed by atoms with E-state index in [1.807, 2.05) is 13.8 Å². The molecule has 3 rings (SSSR count). The van der Waals surface area contributed by atoms with E-state index < -0.39 is 6.04 Å². The number of rotatable bonds is 8. The third-order valence-electron chi connectivity index (χ3n) is 5.97. The van der Waals surface area contributed by atoms with E-state index in [2.05, 4.69) is 10.6 Å². The number of hydrogen-bond donors (Lipinski definition) is 2. The van der Waals surface area contributed by atoms with E-state index in [0.29, 0.717) is 54.4 Å². The van der Waals surface area contributed by atoms with Gasteiger partial charge in [-0.25, -0.2) is 0 Å². The Kier molecular flexibility index (Phi) is 8.93. The lowest BCUT2D eigenvalue weighted by atomic mass is 9.88. The summed E-state index contributed by atoms with van der Waals surface area (Å²) in [6, 6.07) is 13.0. The zero-order chi connectivity index (χ0) is 24.7. The van der Waals surface area contributed by atoms with Crippen molar-refractivity contribution in [2.24, 2.45) is 11.8 Å². The van der Waals surface area contributed by atoms with Crippen LogP contribution in [0.4, 0.5) is 0 Å². The summed E-state index contributed by atoms with van der Waals surface area (Å²) in [5, 5.41) is 6.47. The molecule has 7 nitrogen and oxygen atoms in total. The predicted octanol–water partition coefficient (Wildman–Crippen LogP) is 3.77. The van der Waals surface area contributed by atoms with E-state index >= 15 is 0 Å². The fraction of sp³-hybridized carbons (Fsp3) is 0.423. The van der Waals surface area contributed by atoms with Crippen LogP contribution in [0.3, 0.4) is 0 Å². The maximum absolute atomic E-state index is 13.1. The summed E-state index contributed by atoms with van der Waals surface area (Å²) in [6.07, 6.45) is 1.22. The molecule has 2 N–H and O–H groups in total. The fourth-order valence-corrected chi connectivity index (χ4v) is 4.14. The topological polar surface area (TPSA) is 87.7 Å². The maximum Gasteiger partial charge on any atom is 0.253 e. The first-order chi connectivity index (χ1) is 16.3. The van der Waals surface area contributed by atoms with Crippen LogP contribution in [-0.2, 0) is 4.79 Å². The monoisotopic (exact) mass is 485 g/mol. The molecule has 2 aromatic carbocycles. The average Bonchev–Trinajstić information content (AvgIpc) is 2.86. The molecule has 0 bridgehead atoms. The molecule has 2 aromatic rings. The molecule has 182 valence electrons. The van der Waals surface area contributed by atoms with Crippen LogP contribution in [0.5, 0.6) is 5.75 Å². The van der Waals surface area contributed by atoms with Gasteiger partial charge in [-0.1, -0.05) is 31.5 Å². The third-order valence-corrected chi connectivity index (χ3v) is 6.23. The molecule has 0 spiro atoms. The summed E-state index contributed by atoms with van der Waals surface area (Å²) < 4.78 is 5.21. The Balaban J connectivity index is 1.69. The van der Waals surface area contributed by atoms with Crippen molar-refractivity contribution in [3.63, 3.8) is 0 Å². The first kappa shape index (κ1) is 25.6. The lowest BCUT2D eigenvalue weighted by molar-refractivity contribution is -0.124. The van der Waals surface area contributed by atoms with Gasteiger partial charge in [0.1, 0.15) is 11.8 Å². The van der Waals surface area contributed by atoms with Crippen LogP contribution in [0, 0.1) is 11.8 Å². The number of nitrogens with one attached hydrogen (secondary N) is 2. The van der Waals surface area contributed by atoms with Gasteiger partial charge in [-0.2, -0.15) is 0 Å². The molecule has 0 aliphatic carbocycles. The second kappa shape index (κ2) is 11.9. The Hall–Kier alpha value is -3.06. The standard InChI is InChI=1S/C26H32ClN3O4/c1-17(2)16-28-25(32)23(29-24(31)20-5-4-6-22(15-20)34-3)18-11-13-30(14-12-18)26(33)19-7-9-21(27)10-8-19/h4-10,15,17-18,23H,11-14,16H2,1-3H3,(H,28,32)(H,29,31)/t23-/m0/s1. The predicted molar refractivity (Wildman–Crippen MR) is 132 cm³/mol. The number of carbonyl (C=O) groups is 3. The van der Waals surface area contributed by atoms with Crippen LogP contribution in [0.2, 0.25) is 5.02 Å². The largest absolute Gasteiger partial charge is 0.497 e. The van der Waals surface area contributed by atoms with Crippen molar-refractivity contribution in [1.29, 1.82) is 0 Å². The van der Waals surface area contributed by atoms with Crippen molar-refractivity contribution in [2.45, 2.75) is 32.7 Å². The van der Waals surface area contributed by atoms with Crippen LogP contribution < -0.4 is 15.4 Å². The van der Waals surface area contributed by atoms with Crippen LogP contribution in [-0.4, -0.2) is 55.4 Å². The number of piperidine rings is 1. The van der Waals surface area contributed by atoms with Crippen molar-refractivity contribution in [2.75, 3.05) is 26.7 Å². The molecule has 0 radical (unpaired) electrons. The number of carbonyl (C=O) groups excluding carboxylic acids is 3. The highest BCUT2D eigenvalue weighted by atomic mass is 35.5. The summed E-state index contributed by atoms with van der Waals surface area (Å²) in [5.74, 6) is 0.183. The van der Waals surface area contributed by atoms with Gasteiger partial charge in [-0.15, -0.1) is 0 Å². The first-order valence-corrected chi connectivity index (χ1v) is 11.9. The number of likely N-dealkylation sites (tertiary alicyclic amines) is 1. The SMILES string of the molecule is COc1cccc(C(=O)N[C@H](C(=O)NCC(C)C)C2CCN(C(=O)c3ccc(Cl)cc3)CC2)c1. The van der Waals surface area contributed by atoms with Crippen LogP contribution in [0.1, 0.15) is 47.4 Å². The van der Waals surface area contributed by atoms with Crippen molar-refractivity contribution in [3.8, 4) is 5.75 Å². The Morgan fingerprint density at radius 3 is 2.35 bits per heavy atom. The lowest BCUT2D eigenvalue weighted by Crippen LogP contribution is -2.54. The van der Waals surface area contributed by atoms with Crippen molar-refractivity contribution >= 4 is 29.3 Å². The molecular formula is C26H32ClN3O4. The Morgan fingerprint density at radius 2 is 1.74 bits per heavy atom. The zero-order valence-electron chi connectivity index (χ0n) is 19.8. The molecule has 1 fully saturated rings. The number of amides is 3. The lowest BCUT2D eigenvalue weighted by Gasteiger charge is -2.36. The zero-order valence-corrected chi connectivity index (χ0v) is 20.6. The van der Waals surface area contributed by atoms with Crippen molar-refractivity contribution in [1.82, 2.24) is 15.5 Å². The second-order valence-corrected chi connectivity index (χ2v) is 9.40. The molecule has 1 heterocycles. The molecule has 0 aromatic heterocycles. The Morgan fingerprint density at radius 1 is 1.06 bits per heavy atom. The van der Waals surface area contributed by atoms with Crippen molar-refractivity contribution in [3.05, 3.63) is 64.7 Å². The summed E-state index contributed by atoms with van der Waals surface area (Å²) in [7, 11) is 1.54. The molecule has 8 heteroatoms. The second-order valence-electron chi connectivity index (χ2n) is 8.96. The van der Waals surface area contributed by atoms with Gasteiger partial charge in [0, 0.05) is 35.8 Å². The molecule has 0 saturated carbocycles. The number of nitrogens with zero attached hydrogens (tertiary/aromatic N) is 1. The summed E-state index contributed by atoms with van der Waals surface area (Å²) in [4.78, 5) is 40.7. The van der Waals surface area contributed by atoms with Gasteiger partial charge in [-0.05, 0) is 67.1 Å². The molecule has 1 aliphatic rings. The van der Waals surface area contributed by atoms with Gasteiger partial charge in [0.15, 0.2) is 0 Å². The fourth-order valence-electron chi connectivity index (χ4n) is 4.01. The van der Waals surface area contributed by atoms with E-state index in [0.717, 1.165) is 0 Å². The Bertz CT molecular complexity index is 1000. The number of halogens is 1. The summed E-state index contributed by atoms with van der Waals surface area (Å²) in [5.41, 5.74) is 1.01. The molecular weight excluding hydrogens is 454 g/mol. The van der Waals surface area contributed by atoms with Gasteiger partial charge in [-0.3, -0.25) is 14.4 Å². The minimum Gasteiger partial charge on any atom is -0.497 e. The summed E-state index contributed by atoms with van der Waals surface area (Å²) >= 11 is 5.93. The molecule has 1 atom stereocenters. The van der Waals surface area contributed by atoms with E-state index in [-0.39, 0.29) is 29.6 Å². The Labute approximate surface area is 205 Å². The molecule has 3 amide bonds. The number of methoxy groups -OCH3 is 1. The minimum absolute atomic E-state index is 0.0589. The van der Waals surface area contributed by atoms with Gasteiger partial charge < -0.3 is 20.3 Å². The molecule has 1 aliphatic heterocycles. The van der Waals surface area contributed by atoms with Gasteiger partial charge in [0.2, 0.25) is 5.91 Å². The average molecular weight is 486 g/mol. The van der Waals surface area contributed by atoms with Gasteiger partial charge in [0.05, 0.1) is 7.11 Å². The van der Waals surface area contributed by atoms with Crippen LogP contribution >= 0.6 is 11.6 Å². The maximum atomic E-state index is 13.1. The summed E-state index contributed by atoms with van der Waals surface area (Å²) in [6.45, 7) is 5.58. The van der Waals surface area contributed by atoms with Crippen LogP contribution in [0.15, 0.2) is 48.5 Å². The smallest absolute Gasteiger partial charge is 0.253 e. The highest BCUT2D eigenvalue weighted by Gasteiger charge is 2.34. The number of ether oxygens (including phenoxy) is 1. The highest BCUT2D eigenvalue weighted by Crippen LogP contribution is 2.24. The van der Waals surface area contributed by atoms with E-state index in [1.54, 1.807) is 53.4 Å². The van der Waals surface area contributed by atoms with E-state index in [4.69, 9.17) is 16.3 Å². The van der Waals surface area contributed by atoms with Gasteiger partial charge >= 0.3 is 0 Å². The molecule has 0 unspecified atom stereocenters. The minimum atomic E-state index is -0.690. The normalized spacial score (nSPS) is 15.0. The number of hydrogen-bond acceptors (Lipinski definition) is 4. The number of benzene rings is 2. The van der Waals surface area contributed by atoms with Gasteiger partial charge in [0.25, 0.3) is 11.8 Å². The molecule has 34 heavy (non-hydrogen) atoms. The first-order valence-electron chi connectivity index (χ1n) is 11.6. The van der Waals surface area contributed by atoms with E-state index in [9.17, 15) is 14.4 Å². The third kappa shape index (κ3) is 6.73. The van der Waals surface area contributed by atoms with Crippen LogP contribution in [0.25, 0.3) is 0 Å². The van der Waals surface area contributed by atoms with Crippen molar-refractivity contribution < 1.29 is 19.1 Å². The molecule has 1 saturated heterocycles. The van der Waals surface area contributed by atoms with E-state index in [1.165, 1.54) is 7.11 Å². The quantitative estimate of drug-likeness (QED) is 0.595.